The fourth-order valence-electron chi connectivity index (χ4n) is 5.24. The van der Waals surface area contributed by atoms with Crippen LogP contribution in [-0.2, 0) is 14.6 Å². The Labute approximate surface area is 172 Å². The van der Waals surface area contributed by atoms with E-state index in [0.29, 0.717) is 12.3 Å². The van der Waals surface area contributed by atoms with E-state index in [1.807, 2.05) is 0 Å². The molecule has 0 amide bonds. The molecular formula is C24H30FNO3. The first kappa shape index (κ1) is 20.3. The molecule has 0 bridgehead atoms. The van der Waals surface area contributed by atoms with Crippen molar-refractivity contribution < 1.29 is 19.0 Å². The summed E-state index contributed by atoms with van der Waals surface area (Å²) in [5, 5.41) is 3.68. The van der Waals surface area contributed by atoms with Gasteiger partial charge in [-0.3, -0.25) is 4.79 Å². The van der Waals surface area contributed by atoms with Gasteiger partial charge in [0.15, 0.2) is 5.78 Å². The molecule has 156 valence electrons. The number of Topliss-reactive ketones (excluding diaryl/α,β-unsaturated/α-hetero) is 1. The molecule has 29 heavy (non-hydrogen) atoms. The Morgan fingerprint density at radius 1 is 1.14 bits per heavy atom. The van der Waals surface area contributed by atoms with Crippen LogP contribution in [0.1, 0.15) is 63.9 Å². The Morgan fingerprint density at radius 3 is 2.48 bits per heavy atom. The van der Waals surface area contributed by atoms with Crippen LogP contribution in [0.25, 0.3) is 0 Å². The van der Waals surface area contributed by atoms with Crippen molar-refractivity contribution in [2.75, 3.05) is 13.7 Å². The fraction of sp³-hybridized carbons (Fsp3) is 0.542. The van der Waals surface area contributed by atoms with Gasteiger partial charge in [0.1, 0.15) is 12.4 Å². The maximum atomic E-state index is 13.6. The molecule has 1 aliphatic heterocycles. The van der Waals surface area contributed by atoms with Crippen LogP contribution in [-0.4, -0.2) is 19.5 Å². The number of benzene rings is 1. The lowest BCUT2D eigenvalue weighted by Crippen LogP contribution is -2.39. The molecule has 0 aromatic heterocycles. The highest BCUT2D eigenvalue weighted by atomic mass is 19.1. The van der Waals surface area contributed by atoms with Crippen molar-refractivity contribution in [3.8, 4) is 0 Å². The molecule has 1 saturated carbocycles. The molecule has 1 aromatic carbocycles. The molecule has 0 saturated heterocycles. The minimum atomic E-state index is -0.275. The number of allylic oxidation sites excluding steroid dienone is 3. The number of hydrogen-bond acceptors (Lipinski definition) is 4. The van der Waals surface area contributed by atoms with Gasteiger partial charge in [-0.15, -0.1) is 0 Å². The zero-order valence-electron chi connectivity index (χ0n) is 17.5. The Balaban J connectivity index is 1.86. The monoisotopic (exact) mass is 399 g/mol. The average molecular weight is 400 g/mol. The first-order valence-electron chi connectivity index (χ1n) is 10.6. The summed E-state index contributed by atoms with van der Waals surface area (Å²) in [6, 6.07) is 6.53. The molecule has 1 atom stereocenters. The van der Waals surface area contributed by atoms with Gasteiger partial charge in [-0.25, -0.2) is 14.2 Å². The number of hydrogen-bond donors (Lipinski definition) is 1. The van der Waals surface area contributed by atoms with E-state index in [9.17, 15) is 9.18 Å². The van der Waals surface area contributed by atoms with Crippen molar-refractivity contribution in [2.45, 2.75) is 58.3 Å². The van der Waals surface area contributed by atoms with Crippen LogP contribution in [0.3, 0.4) is 0 Å². The Hall–Kier alpha value is -1.98. The van der Waals surface area contributed by atoms with E-state index in [2.05, 4.69) is 19.2 Å². The second-order valence-electron chi connectivity index (χ2n) is 9.29. The molecule has 4 nitrogen and oxygen atoms in total. The lowest BCUT2D eigenvalue weighted by molar-refractivity contribution is -0.265. The molecule has 1 aromatic rings. The third-order valence-electron chi connectivity index (χ3n) is 6.49. The molecule has 1 fully saturated rings. The predicted octanol–water partition coefficient (Wildman–Crippen LogP) is 5.18. The summed E-state index contributed by atoms with van der Waals surface area (Å²) in [5.74, 6) is 0.102. The van der Waals surface area contributed by atoms with Crippen LogP contribution in [0.5, 0.6) is 0 Å². The highest BCUT2D eigenvalue weighted by Crippen LogP contribution is 2.48. The van der Waals surface area contributed by atoms with Crippen molar-refractivity contribution >= 4 is 5.78 Å². The van der Waals surface area contributed by atoms with E-state index < -0.39 is 0 Å². The topological polar surface area (TPSA) is 47.6 Å². The van der Waals surface area contributed by atoms with Gasteiger partial charge in [-0.2, -0.15) is 0 Å². The molecule has 2 aliphatic carbocycles. The maximum absolute atomic E-state index is 13.6. The van der Waals surface area contributed by atoms with Gasteiger partial charge in [0.05, 0.1) is 7.11 Å². The van der Waals surface area contributed by atoms with E-state index in [1.165, 1.54) is 37.8 Å². The third kappa shape index (κ3) is 4.03. The quantitative estimate of drug-likeness (QED) is 0.548. The summed E-state index contributed by atoms with van der Waals surface area (Å²) in [7, 11) is 1.50. The van der Waals surface area contributed by atoms with Gasteiger partial charge in [0.25, 0.3) is 0 Å². The Morgan fingerprint density at radius 2 is 1.83 bits per heavy atom. The van der Waals surface area contributed by atoms with Crippen molar-refractivity contribution in [1.82, 2.24) is 5.32 Å². The first-order valence-corrected chi connectivity index (χ1v) is 10.6. The van der Waals surface area contributed by atoms with Gasteiger partial charge in [0, 0.05) is 29.3 Å². The van der Waals surface area contributed by atoms with E-state index in [4.69, 9.17) is 9.78 Å². The maximum Gasteiger partial charge on any atom is 0.162 e. The van der Waals surface area contributed by atoms with Crippen molar-refractivity contribution in [1.29, 1.82) is 0 Å². The lowest BCUT2D eigenvalue weighted by Gasteiger charge is -2.41. The number of ketones is 1. The van der Waals surface area contributed by atoms with Crippen molar-refractivity contribution in [2.24, 2.45) is 11.3 Å². The predicted molar refractivity (Wildman–Crippen MR) is 109 cm³/mol. The van der Waals surface area contributed by atoms with Crippen LogP contribution in [0.15, 0.2) is 46.8 Å². The van der Waals surface area contributed by atoms with Gasteiger partial charge in [-0.05, 0) is 53.9 Å². The number of carbonyl (C=O) groups excluding carboxylic acids is 1. The van der Waals surface area contributed by atoms with Crippen LogP contribution in [0.2, 0.25) is 0 Å². The number of carbonyl (C=O) groups is 1. The van der Waals surface area contributed by atoms with Gasteiger partial charge in [0.2, 0.25) is 0 Å². The van der Waals surface area contributed by atoms with E-state index in [0.717, 1.165) is 41.7 Å². The summed E-state index contributed by atoms with van der Waals surface area (Å²) in [4.78, 5) is 23.6. The van der Waals surface area contributed by atoms with Gasteiger partial charge >= 0.3 is 0 Å². The number of nitrogens with one attached hydrogen (secondary N) is 1. The second-order valence-corrected chi connectivity index (χ2v) is 9.29. The standard InChI is InChI=1S/C24H30FNO3/c1-24(2)12-19-22(20(27)13-24)21(15-8-10-17(25)11-9-15)18(14-29-28-3)23(26-19)16-6-4-5-7-16/h8-11,16,21,26H,4-7,12-14H2,1-3H3. The minimum Gasteiger partial charge on any atom is -0.362 e. The van der Waals surface area contributed by atoms with Gasteiger partial charge in [-0.1, -0.05) is 38.8 Å². The molecule has 1 N–H and O–H groups in total. The normalized spacial score (nSPS) is 24.7. The largest absolute Gasteiger partial charge is 0.362 e. The number of halogens is 1. The zero-order chi connectivity index (χ0) is 20.6. The minimum absolute atomic E-state index is 0.0718. The van der Waals surface area contributed by atoms with Gasteiger partial charge < -0.3 is 5.32 Å². The molecule has 0 radical (unpaired) electrons. The summed E-state index contributed by atoms with van der Waals surface area (Å²) in [6.07, 6.45) is 6.05. The molecule has 3 aliphatic rings. The lowest BCUT2D eigenvalue weighted by atomic mass is 9.68. The van der Waals surface area contributed by atoms with Crippen molar-refractivity contribution in [3.05, 3.63) is 58.2 Å². The second kappa shape index (κ2) is 8.04. The molecule has 5 heteroatoms. The van der Waals surface area contributed by atoms with Crippen molar-refractivity contribution in [3.63, 3.8) is 0 Å². The van der Waals surface area contributed by atoms with Crippen LogP contribution in [0, 0.1) is 17.2 Å². The van der Waals surface area contributed by atoms with E-state index in [-0.39, 0.29) is 29.5 Å². The number of dihydropyridines is 1. The molecule has 4 rings (SSSR count). The molecular weight excluding hydrogens is 369 g/mol. The summed E-state index contributed by atoms with van der Waals surface area (Å²) in [5.41, 5.74) is 4.92. The molecule has 0 spiro atoms. The average Bonchev–Trinajstić information content (AvgIpc) is 3.20. The third-order valence-corrected chi connectivity index (χ3v) is 6.49. The molecule has 1 heterocycles. The van der Waals surface area contributed by atoms with E-state index >= 15 is 0 Å². The zero-order valence-corrected chi connectivity index (χ0v) is 17.5. The Bertz CT molecular complexity index is 847. The van der Waals surface area contributed by atoms with Crippen LogP contribution < -0.4 is 5.32 Å². The Kier molecular flexibility index (Phi) is 5.63. The first-order chi connectivity index (χ1) is 13.9. The fourth-order valence-corrected chi connectivity index (χ4v) is 5.24. The highest BCUT2D eigenvalue weighted by Gasteiger charge is 2.42. The summed E-state index contributed by atoms with van der Waals surface area (Å²) in [6.45, 7) is 4.57. The highest BCUT2D eigenvalue weighted by molar-refractivity contribution is 6.00. The summed E-state index contributed by atoms with van der Waals surface area (Å²) < 4.78 is 13.6. The number of rotatable bonds is 5. The van der Waals surface area contributed by atoms with Crippen LogP contribution >= 0.6 is 0 Å². The SMILES string of the molecule is COOCC1=C(C2CCCC2)NC2=C(C(=O)CC(C)(C)C2)C1c1ccc(F)cc1. The summed E-state index contributed by atoms with van der Waals surface area (Å²) >= 11 is 0. The van der Waals surface area contributed by atoms with E-state index in [1.54, 1.807) is 12.1 Å². The van der Waals surface area contributed by atoms with Crippen LogP contribution in [0.4, 0.5) is 4.39 Å². The smallest absolute Gasteiger partial charge is 0.162 e. The molecule has 1 unspecified atom stereocenters.